The Hall–Kier alpha value is -1.70. The zero-order chi connectivity index (χ0) is 16.6. The molecule has 0 atom stereocenters. The second-order valence-electron chi connectivity index (χ2n) is 6.84. The molecular weight excluding hydrogens is 368 g/mol. The zero-order valence-electron chi connectivity index (χ0n) is 14.6. The number of fused-ring (bicyclic) bond motifs is 2. The lowest BCUT2D eigenvalue weighted by atomic mass is 10.0. The van der Waals surface area contributed by atoms with Gasteiger partial charge in [0.05, 0.1) is 17.9 Å². The summed E-state index contributed by atoms with van der Waals surface area (Å²) in [6.07, 6.45) is 9.95. The molecular formula is C18H23ClN6S. The average Bonchev–Trinajstić information content (AvgIpc) is 3.30. The normalized spacial score (nSPS) is 16.5. The second kappa shape index (κ2) is 7.50. The van der Waals surface area contributed by atoms with E-state index < -0.39 is 0 Å². The Morgan fingerprint density at radius 1 is 1.19 bits per heavy atom. The topological polar surface area (TPSA) is 60.6 Å². The maximum atomic E-state index is 4.87. The molecule has 3 aromatic heterocycles. The highest BCUT2D eigenvalue weighted by atomic mass is 35.5. The van der Waals surface area contributed by atoms with Crippen LogP contribution in [0.5, 0.6) is 0 Å². The van der Waals surface area contributed by atoms with Gasteiger partial charge in [-0.15, -0.1) is 23.7 Å². The van der Waals surface area contributed by atoms with Gasteiger partial charge >= 0.3 is 0 Å². The molecule has 1 aliphatic heterocycles. The summed E-state index contributed by atoms with van der Waals surface area (Å²) in [6, 6.07) is 2.17. The number of hydrogen-bond donors (Lipinski definition) is 1. The van der Waals surface area contributed by atoms with E-state index in [4.69, 9.17) is 10.1 Å². The number of imidazole rings is 1. The third-order valence-electron chi connectivity index (χ3n) is 5.03. The minimum Gasteiger partial charge on any atom is -0.323 e. The standard InChI is InChI=1S/C18H22N6S.ClH/c1-2-5-16-14(4-1)21-17(25-16)12-23-9-7-20-18(23)15-10-13-11-19-6-3-8-24(13)22-15;/h7,9-10,19H,1-6,8,11-12H2;1H. The molecule has 6 nitrogen and oxygen atoms in total. The Balaban J connectivity index is 0.00000168. The van der Waals surface area contributed by atoms with Crippen molar-refractivity contribution in [2.75, 3.05) is 6.54 Å². The summed E-state index contributed by atoms with van der Waals surface area (Å²) in [5, 5.41) is 9.43. The fourth-order valence-electron chi connectivity index (χ4n) is 3.76. The number of nitrogens with zero attached hydrogens (tertiary/aromatic N) is 5. The van der Waals surface area contributed by atoms with Gasteiger partial charge in [0.25, 0.3) is 0 Å². The summed E-state index contributed by atoms with van der Waals surface area (Å²) in [7, 11) is 0. The number of aromatic nitrogens is 5. The summed E-state index contributed by atoms with van der Waals surface area (Å²) in [5.74, 6) is 0.939. The summed E-state index contributed by atoms with van der Waals surface area (Å²) in [5.41, 5.74) is 3.53. The van der Waals surface area contributed by atoms with E-state index in [9.17, 15) is 0 Å². The first-order valence-electron chi connectivity index (χ1n) is 9.13. The minimum atomic E-state index is 0. The van der Waals surface area contributed by atoms with E-state index in [1.807, 2.05) is 23.7 Å². The molecule has 1 N–H and O–H groups in total. The molecule has 8 heteroatoms. The van der Waals surface area contributed by atoms with Crippen molar-refractivity contribution in [2.45, 2.75) is 51.7 Å². The van der Waals surface area contributed by atoms with Crippen LogP contribution in [-0.2, 0) is 32.5 Å². The number of hydrogen-bond acceptors (Lipinski definition) is 5. The Morgan fingerprint density at radius 3 is 3.04 bits per heavy atom. The third kappa shape index (κ3) is 3.31. The smallest absolute Gasteiger partial charge is 0.160 e. The van der Waals surface area contributed by atoms with Gasteiger partial charge in [0.2, 0.25) is 0 Å². The molecule has 2 aliphatic rings. The third-order valence-corrected chi connectivity index (χ3v) is 6.18. The van der Waals surface area contributed by atoms with E-state index in [1.54, 1.807) is 0 Å². The molecule has 26 heavy (non-hydrogen) atoms. The maximum absolute atomic E-state index is 4.87. The van der Waals surface area contributed by atoms with Crippen LogP contribution < -0.4 is 5.32 Å². The molecule has 0 radical (unpaired) electrons. The first kappa shape index (κ1) is 17.7. The molecule has 0 saturated carbocycles. The van der Waals surface area contributed by atoms with Crippen LogP contribution in [0, 0.1) is 0 Å². The van der Waals surface area contributed by atoms with E-state index in [1.165, 1.54) is 40.5 Å². The zero-order valence-corrected chi connectivity index (χ0v) is 16.3. The van der Waals surface area contributed by atoms with Crippen LogP contribution in [-0.4, -0.2) is 30.9 Å². The monoisotopic (exact) mass is 390 g/mol. The number of thiazole rings is 1. The van der Waals surface area contributed by atoms with Crippen LogP contribution in [0.2, 0.25) is 0 Å². The predicted molar refractivity (Wildman–Crippen MR) is 105 cm³/mol. The molecule has 3 aromatic rings. The summed E-state index contributed by atoms with van der Waals surface area (Å²) >= 11 is 1.87. The average molecular weight is 391 g/mol. The minimum absolute atomic E-state index is 0. The Kier molecular flexibility index (Phi) is 5.11. The molecule has 0 amide bonds. The number of nitrogens with one attached hydrogen (secondary N) is 1. The highest BCUT2D eigenvalue weighted by Crippen LogP contribution is 2.28. The molecule has 0 spiro atoms. The lowest BCUT2D eigenvalue weighted by Crippen LogP contribution is -2.11. The molecule has 0 bridgehead atoms. The van der Waals surface area contributed by atoms with Gasteiger partial charge in [0, 0.05) is 30.4 Å². The van der Waals surface area contributed by atoms with Crippen molar-refractivity contribution in [3.63, 3.8) is 0 Å². The van der Waals surface area contributed by atoms with Gasteiger partial charge in [0.1, 0.15) is 10.7 Å². The van der Waals surface area contributed by atoms with Crippen molar-refractivity contribution < 1.29 is 0 Å². The number of rotatable bonds is 3. The molecule has 5 rings (SSSR count). The van der Waals surface area contributed by atoms with Gasteiger partial charge in [-0.2, -0.15) is 5.10 Å². The second-order valence-corrected chi connectivity index (χ2v) is 8.01. The summed E-state index contributed by atoms with van der Waals surface area (Å²) in [4.78, 5) is 10.9. The van der Waals surface area contributed by atoms with E-state index in [0.29, 0.717) is 0 Å². The lowest BCUT2D eigenvalue weighted by Gasteiger charge is -2.06. The highest BCUT2D eigenvalue weighted by molar-refractivity contribution is 7.11. The van der Waals surface area contributed by atoms with Crippen molar-refractivity contribution in [1.82, 2.24) is 29.6 Å². The van der Waals surface area contributed by atoms with Crippen LogP contribution in [0.1, 0.15) is 40.5 Å². The van der Waals surface area contributed by atoms with E-state index in [2.05, 4.69) is 25.6 Å². The molecule has 1 aliphatic carbocycles. The molecule has 0 unspecified atom stereocenters. The van der Waals surface area contributed by atoms with E-state index in [-0.39, 0.29) is 12.4 Å². The SMILES string of the molecule is Cl.c1cn(Cc2nc3c(s2)CCCC3)c(-c2cc3n(n2)CCCNC3)n1. The van der Waals surface area contributed by atoms with Crippen LogP contribution >= 0.6 is 23.7 Å². The van der Waals surface area contributed by atoms with Gasteiger partial charge in [-0.1, -0.05) is 0 Å². The van der Waals surface area contributed by atoms with Gasteiger partial charge in [0.15, 0.2) is 5.82 Å². The van der Waals surface area contributed by atoms with E-state index in [0.717, 1.165) is 50.5 Å². The molecule has 0 aromatic carbocycles. The Labute approximate surface area is 163 Å². The summed E-state index contributed by atoms with van der Waals surface area (Å²) in [6.45, 7) is 3.70. The fourth-order valence-corrected chi connectivity index (χ4v) is 4.92. The van der Waals surface area contributed by atoms with Gasteiger partial charge in [-0.3, -0.25) is 4.68 Å². The van der Waals surface area contributed by atoms with Crippen molar-refractivity contribution in [1.29, 1.82) is 0 Å². The Bertz CT molecular complexity index is 849. The van der Waals surface area contributed by atoms with Crippen molar-refractivity contribution in [3.05, 3.63) is 39.7 Å². The fraction of sp³-hybridized carbons (Fsp3) is 0.500. The van der Waals surface area contributed by atoms with Crippen LogP contribution in [0.4, 0.5) is 0 Å². The molecule has 4 heterocycles. The van der Waals surface area contributed by atoms with Gasteiger partial charge in [-0.05, 0) is 44.7 Å². The number of aryl methyl sites for hydroxylation is 3. The predicted octanol–water partition coefficient (Wildman–Crippen LogP) is 3.05. The number of halogens is 1. The van der Waals surface area contributed by atoms with Crippen LogP contribution in [0.15, 0.2) is 18.5 Å². The van der Waals surface area contributed by atoms with Gasteiger partial charge in [-0.25, -0.2) is 9.97 Å². The first-order chi connectivity index (χ1) is 12.4. The van der Waals surface area contributed by atoms with Crippen molar-refractivity contribution in [2.24, 2.45) is 0 Å². The lowest BCUT2D eigenvalue weighted by molar-refractivity contribution is 0.588. The van der Waals surface area contributed by atoms with Crippen LogP contribution in [0.3, 0.4) is 0 Å². The quantitative estimate of drug-likeness (QED) is 0.746. The molecule has 0 fully saturated rings. The largest absolute Gasteiger partial charge is 0.323 e. The summed E-state index contributed by atoms with van der Waals surface area (Å²) < 4.78 is 4.30. The molecule has 0 saturated heterocycles. The van der Waals surface area contributed by atoms with Crippen molar-refractivity contribution in [3.8, 4) is 11.5 Å². The first-order valence-corrected chi connectivity index (χ1v) is 9.95. The van der Waals surface area contributed by atoms with Crippen LogP contribution in [0.25, 0.3) is 11.5 Å². The molecule has 138 valence electrons. The van der Waals surface area contributed by atoms with Crippen molar-refractivity contribution >= 4 is 23.7 Å². The highest BCUT2D eigenvalue weighted by Gasteiger charge is 2.18. The van der Waals surface area contributed by atoms with E-state index >= 15 is 0 Å². The Morgan fingerprint density at radius 2 is 2.12 bits per heavy atom. The van der Waals surface area contributed by atoms with Gasteiger partial charge < -0.3 is 9.88 Å². The maximum Gasteiger partial charge on any atom is 0.160 e.